The third kappa shape index (κ3) is 4.43. The Morgan fingerprint density at radius 1 is 1.00 bits per heavy atom. The zero-order chi connectivity index (χ0) is 19.4. The van der Waals surface area contributed by atoms with Crippen LogP contribution in [0.2, 0.25) is 0 Å². The number of hydrogen-bond acceptors (Lipinski definition) is 2. The molecule has 0 atom stereocenters. The number of halogens is 1. The Hall–Kier alpha value is -2.50. The van der Waals surface area contributed by atoms with E-state index in [-0.39, 0.29) is 5.76 Å². The van der Waals surface area contributed by atoms with Gasteiger partial charge in [-0.05, 0) is 42.9 Å². The van der Waals surface area contributed by atoms with Crippen LogP contribution in [0.1, 0.15) is 16.7 Å². The van der Waals surface area contributed by atoms with Crippen molar-refractivity contribution in [3.05, 3.63) is 94.2 Å². The molecule has 0 saturated carbocycles. The van der Waals surface area contributed by atoms with Crippen molar-refractivity contribution in [2.24, 2.45) is 0 Å². The van der Waals surface area contributed by atoms with Crippen molar-refractivity contribution in [2.75, 3.05) is 5.32 Å². The zero-order valence-corrected chi connectivity index (χ0v) is 17.5. The second kappa shape index (κ2) is 8.46. The summed E-state index contributed by atoms with van der Waals surface area (Å²) >= 11 is 9.11. The SMILES string of the molecule is Cc1ccc(NC(=S)/C(=C(\[O-])c2ccccc2Br)[n+]2ccccc2)c(C)c1. The minimum Gasteiger partial charge on any atom is -0.867 e. The summed E-state index contributed by atoms with van der Waals surface area (Å²) in [6.45, 7) is 4.06. The van der Waals surface area contributed by atoms with Crippen LogP contribution in [0.5, 0.6) is 0 Å². The summed E-state index contributed by atoms with van der Waals surface area (Å²) < 4.78 is 2.49. The molecule has 3 aromatic rings. The van der Waals surface area contributed by atoms with E-state index < -0.39 is 0 Å². The fraction of sp³-hybridized carbons (Fsp3) is 0.0909. The summed E-state index contributed by atoms with van der Waals surface area (Å²) in [5, 5.41) is 16.6. The number of anilines is 1. The summed E-state index contributed by atoms with van der Waals surface area (Å²) in [6, 6.07) is 19.1. The molecule has 0 bridgehead atoms. The van der Waals surface area contributed by atoms with Crippen molar-refractivity contribution >= 4 is 50.3 Å². The second-order valence-electron chi connectivity index (χ2n) is 6.21. The molecular formula is C22H19BrN2OS. The molecule has 0 aliphatic heterocycles. The first-order valence-electron chi connectivity index (χ1n) is 8.49. The van der Waals surface area contributed by atoms with Gasteiger partial charge in [-0.3, -0.25) is 0 Å². The fourth-order valence-electron chi connectivity index (χ4n) is 2.79. The number of aromatic nitrogens is 1. The van der Waals surface area contributed by atoms with E-state index in [1.165, 1.54) is 5.56 Å². The Kier molecular flexibility index (Phi) is 6.04. The predicted molar refractivity (Wildman–Crippen MR) is 116 cm³/mol. The van der Waals surface area contributed by atoms with Gasteiger partial charge in [0.2, 0.25) is 5.70 Å². The maximum absolute atomic E-state index is 13.3. The van der Waals surface area contributed by atoms with Crippen LogP contribution >= 0.6 is 28.1 Å². The molecule has 0 radical (unpaired) electrons. The van der Waals surface area contributed by atoms with Crippen LogP contribution < -0.4 is 15.0 Å². The third-order valence-electron chi connectivity index (χ3n) is 4.15. The van der Waals surface area contributed by atoms with Crippen molar-refractivity contribution in [3.63, 3.8) is 0 Å². The quantitative estimate of drug-likeness (QED) is 0.282. The van der Waals surface area contributed by atoms with E-state index in [0.717, 1.165) is 15.7 Å². The molecule has 0 aliphatic carbocycles. The van der Waals surface area contributed by atoms with E-state index >= 15 is 0 Å². The Morgan fingerprint density at radius 2 is 1.70 bits per heavy atom. The fourth-order valence-corrected chi connectivity index (χ4v) is 3.57. The standard InChI is InChI=1S/C22H19BrN2OS/c1-15-10-11-19(16(2)14-15)24-22(27)20(25-12-6-3-7-13-25)21(26)17-8-4-5-9-18(17)23/h3-14H,1-2H3,(H-,24,26,27). The number of nitrogens with one attached hydrogen (secondary N) is 1. The molecule has 1 aromatic heterocycles. The molecule has 27 heavy (non-hydrogen) atoms. The Labute approximate surface area is 173 Å². The van der Waals surface area contributed by atoms with Gasteiger partial charge in [0.1, 0.15) is 0 Å². The molecule has 0 unspecified atom stereocenters. The molecule has 5 heteroatoms. The summed E-state index contributed by atoms with van der Waals surface area (Å²) in [7, 11) is 0. The second-order valence-corrected chi connectivity index (χ2v) is 7.48. The molecule has 0 fully saturated rings. The molecule has 1 N–H and O–H groups in total. The number of benzene rings is 2. The molecule has 2 aromatic carbocycles. The van der Waals surface area contributed by atoms with Gasteiger partial charge in [-0.15, -0.1) is 0 Å². The smallest absolute Gasteiger partial charge is 0.238 e. The van der Waals surface area contributed by atoms with Crippen LogP contribution in [0.25, 0.3) is 11.5 Å². The van der Waals surface area contributed by atoms with Crippen molar-refractivity contribution in [2.45, 2.75) is 13.8 Å². The minimum absolute atomic E-state index is 0.152. The zero-order valence-electron chi connectivity index (χ0n) is 15.1. The summed E-state index contributed by atoms with van der Waals surface area (Å²) in [4.78, 5) is 0.374. The summed E-state index contributed by atoms with van der Waals surface area (Å²) in [5.41, 5.74) is 4.10. The highest BCUT2D eigenvalue weighted by Gasteiger charge is 2.19. The highest BCUT2D eigenvalue weighted by Crippen LogP contribution is 2.25. The summed E-state index contributed by atoms with van der Waals surface area (Å²) in [5.74, 6) is -0.152. The van der Waals surface area contributed by atoms with Gasteiger partial charge >= 0.3 is 0 Å². The molecule has 0 aliphatic rings. The van der Waals surface area contributed by atoms with Gasteiger partial charge in [-0.2, -0.15) is 4.57 Å². The topological polar surface area (TPSA) is 39.0 Å². The molecule has 1 heterocycles. The largest absolute Gasteiger partial charge is 0.867 e. The lowest BCUT2D eigenvalue weighted by Gasteiger charge is -2.18. The molecule has 0 saturated heterocycles. The van der Waals surface area contributed by atoms with E-state index in [9.17, 15) is 5.11 Å². The Morgan fingerprint density at radius 3 is 2.37 bits per heavy atom. The molecule has 0 spiro atoms. The number of rotatable bonds is 4. The van der Waals surface area contributed by atoms with Crippen LogP contribution in [0.15, 0.2) is 77.5 Å². The van der Waals surface area contributed by atoms with E-state index in [1.54, 1.807) is 10.6 Å². The molecule has 0 amide bonds. The number of hydrogen-bond donors (Lipinski definition) is 1. The first-order valence-corrected chi connectivity index (χ1v) is 9.69. The lowest BCUT2D eigenvalue weighted by atomic mass is 10.1. The van der Waals surface area contributed by atoms with Gasteiger partial charge in [0.15, 0.2) is 17.4 Å². The van der Waals surface area contributed by atoms with Crippen LogP contribution in [0.4, 0.5) is 5.69 Å². The average molecular weight is 439 g/mol. The predicted octanol–water partition coefficient (Wildman–Crippen LogP) is 4.48. The lowest BCUT2D eigenvalue weighted by Crippen LogP contribution is -2.39. The van der Waals surface area contributed by atoms with Gasteiger partial charge in [-0.25, -0.2) is 0 Å². The normalized spacial score (nSPS) is 11.7. The molecule has 3 nitrogen and oxygen atoms in total. The van der Waals surface area contributed by atoms with Crippen LogP contribution in [-0.4, -0.2) is 4.99 Å². The average Bonchev–Trinajstić information content (AvgIpc) is 2.65. The van der Waals surface area contributed by atoms with Gasteiger partial charge < -0.3 is 10.4 Å². The first kappa shape index (κ1) is 19.3. The van der Waals surface area contributed by atoms with Crippen LogP contribution in [-0.2, 0) is 0 Å². The number of thiocarbonyl (C=S) groups is 1. The number of aryl methyl sites for hydroxylation is 2. The Bertz CT molecular complexity index is 1020. The highest BCUT2D eigenvalue weighted by atomic mass is 79.9. The molecule has 136 valence electrons. The highest BCUT2D eigenvalue weighted by molar-refractivity contribution is 9.10. The van der Waals surface area contributed by atoms with Crippen LogP contribution in [0, 0.1) is 13.8 Å². The summed E-state index contributed by atoms with van der Waals surface area (Å²) in [6.07, 6.45) is 3.64. The van der Waals surface area contributed by atoms with Crippen molar-refractivity contribution < 1.29 is 9.67 Å². The maximum Gasteiger partial charge on any atom is 0.238 e. The van der Waals surface area contributed by atoms with Crippen molar-refractivity contribution in [1.29, 1.82) is 0 Å². The van der Waals surface area contributed by atoms with E-state index in [0.29, 0.717) is 16.2 Å². The number of nitrogens with zero attached hydrogens (tertiary/aromatic N) is 1. The first-order chi connectivity index (χ1) is 13.0. The monoisotopic (exact) mass is 438 g/mol. The minimum atomic E-state index is -0.152. The lowest BCUT2D eigenvalue weighted by molar-refractivity contribution is -0.577. The van der Waals surface area contributed by atoms with Crippen LogP contribution in [0.3, 0.4) is 0 Å². The van der Waals surface area contributed by atoms with E-state index in [1.807, 2.05) is 74.8 Å². The van der Waals surface area contributed by atoms with Gasteiger partial charge in [0, 0.05) is 22.3 Å². The van der Waals surface area contributed by atoms with Gasteiger partial charge in [-0.1, -0.05) is 70.1 Å². The van der Waals surface area contributed by atoms with E-state index in [4.69, 9.17) is 12.2 Å². The molecular weight excluding hydrogens is 420 g/mol. The van der Waals surface area contributed by atoms with E-state index in [2.05, 4.69) is 27.3 Å². The third-order valence-corrected chi connectivity index (χ3v) is 5.14. The van der Waals surface area contributed by atoms with Gasteiger partial charge in [0.05, 0.1) is 0 Å². The maximum atomic E-state index is 13.3. The van der Waals surface area contributed by atoms with Gasteiger partial charge in [0.25, 0.3) is 0 Å². The van der Waals surface area contributed by atoms with Crippen molar-refractivity contribution in [3.8, 4) is 0 Å². The number of pyridine rings is 1. The molecule has 3 rings (SSSR count). The Balaban J connectivity index is 2.09. The van der Waals surface area contributed by atoms with Crippen molar-refractivity contribution in [1.82, 2.24) is 0 Å².